The molecule has 2 aromatic rings. The zero-order chi connectivity index (χ0) is 40.0. The van der Waals surface area contributed by atoms with E-state index in [9.17, 15) is 30.3 Å². The van der Waals surface area contributed by atoms with E-state index in [0.717, 1.165) is 74.7 Å². The lowest BCUT2D eigenvalue weighted by Crippen LogP contribution is -2.37. The lowest BCUT2D eigenvalue weighted by atomic mass is 9.80. The molecule has 9 atom stereocenters. The molecule has 0 spiro atoms. The van der Waals surface area contributed by atoms with E-state index in [4.69, 9.17) is 10.7 Å². The molecule has 2 heterocycles. The number of aliphatic hydroxyl groups excluding tert-OH is 3. The van der Waals surface area contributed by atoms with Gasteiger partial charge in [-0.15, -0.1) is 0 Å². The standard InChI is InChI=1S/C46H74N3O6/c1-5-6-8-12-33-16-17-36(43(52)26-33)13-9-7-10-14-39(45(53)54)42(51)18-20-46(55)30-35(24-34-19-21-48-44(47)27-34)25-37(46)28-38-29-40(32(4)23-31(2)3)41(49-38)15-11-22-50/h16-17,19,21,27,29,31-33,35-37,39,42-43,50-52,55H,5-15,18,20,22-26,28,30H2,1-4H3,(H2,47,48)(H,53,54)/q-1. The largest absolute Gasteiger partial charge is 0.664 e. The van der Waals surface area contributed by atoms with Crippen LogP contribution in [0.5, 0.6) is 0 Å². The van der Waals surface area contributed by atoms with Crippen molar-refractivity contribution in [1.29, 1.82) is 0 Å². The van der Waals surface area contributed by atoms with Crippen LogP contribution in [0.3, 0.4) is 0 Å². The van der Waals surface area contributed by atoms with Gasteiger partial charge in [-0.25, -0.2) is 4.98 Å². The highest BCUT2D eigenvalue weighted by Gasteiger charge is 2.46. The third kappa shape index (κ3) is 14.0. The van der Waals surface area contributed by atoms with Crippen LogP contribution in [0.25, 0.3) is 0 Å². The van der Waals surface area contributed by atoms with Crippen molar-refractivity contribution in [3.63, 3.8) is 0 Å². The Balaban J connectivity index is 1.37. The lowest BCUT2D eigenvalue weighted by Gasteiger charge is -2.33. The molecule has 9 nitrogen and oxygen atoms in total. The molecule has 0 saturated heterocycles. The van der Waals surface area contributed by atoms with Crippen LogP contribution in [0.15, 0.2) is 36.5 Å². The normalized spacial score (nSPS) is 25.7. The van der Waals surface area contributed by atoms with E-state index in [1.807, 2.05) is 12.1 Å². The number of unbranched alkanes of at least 4 members (excludes halogenated alkanes) is 4. The summed E-state index contributed by atoms with van der Waals surface area (Å²) in [6, 6.07) is 6.07. The highest BCUT2D eigenvalue weighted by molar-refractivity contribution is 5.70. The molecule has 9 unspecified atom stereocenters. The summed E-state index contributed by atoms with van der Waals surface area (Å²) in [5.41, 5.74) is 9.23. The molecule has 1 saturated carbocycles. The number of aliphatic hydroxyl groups is 4. The number of hydrogen-bond donors (Lipinski definition) is 6. The second-order valence-corrected chi connectivity index (χ2v) is 17.9. The minimum atomic E-state index is -1.08. The van der Waals surface area contributed by atoms with E-state index in [1.54, 1.807) is 6.20 Å². The molecular formula is C46H74N3O6-. The van der Waals surface area contributed by atoms with Gasteiger partial charge >= 0.3 is 5.97 Å². The minimum absolute atomic E-state index is 0.100. The SMILES string of the molecule is CCCCCC1C=CC(CCCCCC(C(=O)O)C(O)CCC2(O)CC(Cc3ccnc(N)c3)CC2Cc2cc(C(C)CC(C)C)c(CCCO)[n-]2)C(O)C1. The van der Waals surface area contributed by atoms with Crippen molar-refractivity contribution in [3.05, 3.63) is 59.1 Å². The molecule has 2 aliphatic rings. The summed E-state index contributed by atoms with van der Waals surface area (Å²) in [6.45, 7) is 9.03. The van der Waals surface area contributed by atoms with E-state index in [2.05, 4.69) is 50.9 Å². The Morgan fingerprint density at radius 1 is 1.02 bits per heavy atom. The van der Waals surface area contributed by atoms with Crippen molar-refractivity contribution >= 4 is 11.8 Å². The predicted octanol–water partition coefficient (Wildman–Crippen LogP) is 8.16. The summed E-state index contributed by atoms with van der Waals surface area (Å²) in [6.07, 6.45) is 19.9. The zero-order valence-corrected chi connectivity index (χ0v) is 34.4. The molecule has 0 aromatic carbocycles. The fraction of sp³-hybridized carbons (Fsp3) is 0.739. The number of carboxylic acids is 1. The van der Waals surface area contributed by atoms with E-state index in [-0.39, 0.29) is 36.9 Å². The Morgan fingerprint density at radius 2 is 1.80 bits per heavy atom. The number of anilines is 1. The molecule has 55 heavy (non-hydrogen) atoms. The number of allylic oxidation sites excluding steroid dienone is 1. The van der Waals surface area contributed by atoms with Crippen molar-refractivity contribution in [2.24, 2.45) is 35.5 Å². The maximum Gasteiger partial charge on any atom is 0.309 e. The van der Waals surface area contributed by atoms with E-state index >= 15 is 0 Å². The van der Waals surface area contributed by atoms with Crippen molar-refractivity contribution in [1.82, 2.24) is 9.97 Å². The molecule has 4 rings (SSSR count). The number of hydrogen-bond acceptors (Lipinski definition) is 7. The first kappa shape index (κ1) is 45.0. The number of carboxylic acid groups (broad SMARTS) is 1. The number of nitrogen functional groups attached to an aromatic ring is 1. The Labute approximate surface area is 331 Å². The van der Waals surface area contributed by atoms with Gasteiger partial charge in [-0.2, -0.15) is 11.4 Å². The molecule has 0 aliphatic heterocycles. The van der Waals surface area contributed by atoms with Gasteiger partial charge in [0.25, 0.3) is 0 Å². The smallest absolute Gasteiger partial charge is 0.309 e. The first-order valence-electron chi connectivity index (χ1n) is 21.8. The number of pyridine rings is 1. The summed E-state index contributed by atoms with van der Waals surface area (Å²) < 4.78 is 0. The minimum Gasteiger partial charge on any atom is -0.664 e. The molecule has 0 bridgehead atoms. The fourth-order valence-electron chi connectivity index (χ4n) is 9.81. The Bertz CT molecular complexity index is 1460. The number of rotatable bonds is 25. The summed E-state index contributed by atoms with van der Waals surface area (Å²) in [5, 5.41) is 54.2. The van der Waals surface area contributed by atoms with Gasteiger partial charge in [0.1, 0.15) is 5.82 Å². The van der Waals surface area contributed by atoms with Gasteiger partial charge in [0.15, 0.2) is 0 Å². The van der Waals surface area contributed by atoms with Gasteiger partial charge in [-0.05, 0) is 131 Å². The lowest BCUT2D eigenvalue weighted by molar-refractivity contribution is -0.146. The maximum atomic E-state index is 12.4. The number of nitrogens with two attached hydrogens (primary N) is 1. The Kier molecular flexibility index (Phi) is 18.2. The summed E-state index contributed by atoms with van der Waals surface area (Å²) in [5.74, 6) is 0.201. The maximum absolute atomic E-state index is 12.4. The topological polar surface area (TPSA) is 171 Å². The van der Waals surface area contributed by atoms with Crippen LogP contribution >= 0.6 is 0 Å². The summed E-state index contributed by atoms with van der Waals surface area (Å²) in [4.78, 5) is 21.6. The van der Waals surface area contributed by atoms with Crippen LogP contribution in [-0.2, 0) is 24.1 Å². The molecule has 9 heteroatoms. The van der Waals surface area contributed by atoms with Gasteiger partial charge in [0.05, 0.1) is 23.7 Å². The quantitative estimate of drug-likeness (QED) is 0.0431. The van der Waals surface area contributed by atoms with Crippen molar-refractivity contribution in [3.8, 4) is 0 Å². The van der Waals surface area contributed by atoms with Gasteiger partial charge < -0.3 is 36.3 Å². The van der Waals surface area contributed by atoms with Gasteiger partial charge in [-0.1, -0.05) is 90.0 Å². The van der Waals surface area contributed by atoms with E-state index < -0.39 is 23.6 Å². The monoisotopic (exact) mass is 765 g/mol. The summed E-state index contributed by atoms with van der Waals surface area (Å²) >= 11 is 0. The number of carbonyl (C=O) groups is 1. The predicted molar refractivity (Wildman–Crippen MR) is 221 cm³/mol. The first-order chi connectivity index (χ1) is 26.3. The molecule has 0 amide bonds. The zero-order valence-electron chi connectivity index (χ0n) is 34.4. The second kappa shape index (κ2) is 22.3. The molecule has 2 aliphatic carbocycles. The van der Waals surface area contributed by atoms with Crippen LogP contribution in [-0.4, -0.2) is 60.9 Å². The van der Waals surface area contributed by atoms with Gasteiger partial charge in [0.2, 0.25) is 0 Å². The third-order valence-electron chi connectivity index (χ3n) is 12.8. The van der Waals surface area contributed by atoms with Gasteiger partial charge in [0, 0.05) is 18.7 Å². The molecule has 1 fully saturated rings. The molecular weight excluding hydrogens is 691 g/mol. The van der Waals surface area contributed by atoms with Crippen LogP contribution in [0.2, 0.25) is 0 Å². The number of aliphatic carboxylic acids is 1. The Morgan fingerprint density at radius 3 is 2.49 bits per heavy atom. The van der Waals surface area contributed by atoms with Crippen LogP contribution in [0.1, 0.15) is 159 Å². The second-order valence-electron chi connectivity index (χ2n) is 17.9. The molecule has 2 aromatic heterocycles. The number of nitrogens with zero attached hydrogens (tertiary/aromatic N) is 2. The van der Waals surface area contributed by atoms with E-state index in [1.165, 1.54) is 24.8 Å². The van der Waals surface area contributed by atoms with Crippen molar-refractivity contribution < 1.29 is 30.3 Å². The molecule has 310 valence electrons. The average molecular weight is 765 g/mol. The van der Waals surface area contributed by atoms with E-state index in [0.29, 0.717) is 62.1 Å². The highest BCUT2D eigenvalue weighted by Crippen LogP contribution is 2.46. The molecule has 0 radical (unpaired) electrons. The number of aryl methyl sites for hydroxylation is 1. The summed E-state index contributed by atoms with van der Waals surface area (Å²) in [7, 11) is 0. The van der Waals surface area contributed by atoms with Crippen LogP contribution < -0.4 is 10.7 Å². The van der Waals surface area contributed by atoms with Crippen LogP contribution in [0, 0.1) is 35.5 Å². The highest BCUT2D eigenvalue weighted by atomic mass is 16.4. The average Bonchev–Trinajstić information content (AvgIpc) is 3.67. The van der Waals surface area contributed by atoms with Crippen molar-refractivity contribution in [2.45, 2.75) is 173 Å². The van der Waals surface area contributed by atoms with Crippen LogP contribution in [0.4, 0.5) is 5.82 Å². The number of aromatic nitrogens is 2. The fourth-order valence-corrected chi connectivity index (χ4v) is 9.81. The molecule has 7 N–H and O–H groups in total. The van der Waals surface area contributed by atoms with Gasteiger partial charge in [-0.3, -0.25) is 4.79 Å². The third-order valence-corrected chi connectivity index (χ3v) is 12.8. The Hall–Kier alpha value is -2.72. The first-order valence-corrected chi connectivity index (χ1v) is 21.8. The van der Waals surface area contributed by atoms with Crippen molar-refractivity contribution in [2.75, 3.05) is 12.3 Å².